The van der Waals surface area contributed by atoms with Crippen LogP contribution in [0.5, 0.6) is 0 Å². The third-order valence-corrected chi connectivity index (χ3v) is 4.99. The van der Waals surface area contributed by atoms with Gasteiger partial charge in [-0.05, 0) is 49.0 Å². The zero-order valence-electron chi connectivity index (χ0n) is 11.5. The molecule has 1 saturated carbocycles. The first-order chi connectivity index (χ1) is 8.43. The second-order valence-corrected chi connectivity index (χ2v) is 6.63. The number of halogens is 1. The van der Waals surface area contributed by atoms with E-state index in [0.29, 0.717) is 6.42 Å². The molecule has 1 aliphatic carbocycles. The van der Waals surface area contributed by atoms with Crippen LogP contribution in [0.15, 0.2) is 4.47 Å². The van der Waals surface area contributed by atoms with Crippen LogP contribution < -0.4 is 0 Å². The molecule has 0 saturated heterocycles. The Morgan fingerprint density at radius 1 is 1.50 bits per heavy atom. The molecule has 4 heteroatoms. The Hall–Kier alpha value is -0.350. The van der Waals surface area contributed by atoms with Gasteiger partial charge in [-0.15, -0.1) is 0 Å². The van der Waals surface area contributed by atoms with Gasteiger partial charge in [0.1, 0.15) is 0 Å². The fourth-order valence-electron chi connectivity index (χ4n) is 2.79. The van der Waals surface area contributed by atoms with E-state index in [1.165, 1.54) is 19.3 Å². The maximum atomic E-state index is 10.6. The summed E-state index contributed by atoms with van der Waals surface area (Å²) in [6, 6.07) is 0. The number of hydrogen-bond donors (Lipinski definition) is 1. The molecule has 102 valence electrons. The molecule has 1 aliphatic rings. The second kappa shape index (κ2) is 5.33. The number of aromatic nitrogens is 2. The van der Waals surface area contributed by atoms with Gasteiger partial charge in [0.25, 0.3) is 0 Å². The highest BCUT2D eigenvalue weighted by molar-refractivity contribution is 9.10. The zero-order valence-corrected chi connectivity index (χ0v) is 13.1. The fourth-order valence-corrected chi connectivity index (χ4v) is 3.21. The van der Waals surface area contributed by atoms with Crippen molar-refractivity contribution in [3.05, 3.63) is 15.9 Å². The molecule has 0 amide bonds. The minimum absolute atomic E-state index is 0.618. The highest BCUT2D eigenvalue weighted by atomic mass is 79.9. The van der Waals surface area contributed by atoms with Crippen LogP contribution in [0.4, 0.5) is 0 Å². The predicted molar refractivity (Wildman–Crippen MR) is 76.6 cm³/mol. The third kappa shape index (κ3) is 2.97. The van der Waals surface area contributed by atoms with Crippen molar-refractivity contribution in [1.82, 2.24) is 9.78 Å². The molecule has 1 unspecified atom stereocenters. The van der Waals surface area contributed by atoms with Gasteiger partial charge in [-0.2, -0.15) is 5.10 Å². The molecular formula is C14H23BrN2O. The monoisotopic (exact) mass is 314 g/mol. The van der Waals surface area contributed by atoms with Crippen molar-refractivity contribution < 1.29 is 5.11 Å². The van der Waals surface area contributed by atoms with E-state index in [1.54, 1.807) is 0 Å². The van der Waals surface area contributed by atoms with Gasteiger partial charge < -0.3 is 5.11 Å². The highest BCUT2D eigenvalue weighted by Gasteiger charge is 2.31. The van der Waals surface area contributed by atoms with Crippen molar-refractivity contribution in [3.8, 4) is 0 Å². The minimum atomic E-state index is -0.618. The largest absolute Gasteiger partial charge is 0.390 e. The smallest absolute Gasteiger partial charge is 0.0738 e. The summed E-state index contributed by atoms with van der Waals surface area (Å²) in [5.74, 6) is 0.720. The molecule has 0 spiro atoms. The predicted octanol–water partition coefficient (Wildman–Crippen LogP) is 3.46. The molecule has 2 rings (SSSR count). The van der Waals surface area contributed by atoms with Gasteiger partial charge in [-0.3, -0.25) is 4.68 Å². The van der Waals surface area contributed by atoms with Gasteiger partial charge in [0.2, 0.25) is 0 Å². The van der Waals surface area contributed by atoms with Crippen LogP contribution in [-0.4, -0.2) is 20.5 Å². The highest BCUT2D eigenvalue weighted by Crippen LogP contribution is 2.36. The third-order valence-electron chi connectivity index (χ3n) is 3.95. The Morgan fingerprint density at radius 2 is 2.17 bits per heavy atom. The number of rotatable bonds is 5. The Balaban J connectivity index is 2.11. The van der Waals surface area contributed by atoms with Crippen LogP contribution in [0.25, 0.3) is 0 Å². The molecule has 0 aliphatic heterocycles. The molecule has 0 bridgehead atoms. The summed E-state index contributed by atoms with van der Waals surface area (Å²) < 4.78 is 3.05. The number of aryl methyl sites for hydroxylation is 2. The van der Waals surface area contributed by atoms with E-state index in [-0.39, 0.29) is 0 Å². The number of hydrogen-bond acceptors (Lipinski definition) is 2. The van der Waals surface area contributed by atoms with Crippen LogP contribution in [0, 0.1) is 12.8 Å². The normalized spacial score (nSPS) is 19.6. The lowest BCUT2D eigenvalue weighted by Gasteiger charge is -2.33. The van der Waals surface area contributed by atoms with Crippen LogP contribution >= 0.6 is 15.9 Å². The van der Waals surface area contributed by atoms with Crippen LogP contribution in [0.1, 0.15) is 50.9 Å². The average molecular weight is 315 g/mol. The first-order valence-corrected chi connectivity index (χ1v) is 7.66. The fraction of sp³-hybridized carbons (Fsp3) is 0.786. The van der Waals surface area contributed by atoms with Crippen molar-refractivity contribution in [1.29, 1.82) is 0 Å². The van der Waals surface area contributed by atoms with Gasteiger partial charge in [0.05, 0.1) is 21.5 Å². The Morgan fingerprint density at radius 3 is 2.67 bits per heavy atom. The van der Waals surface area contributed by atoms with E-state index in [1.807, 2.05) is 18.5 Å². The summed E-state index contributed by atoms with van der Waals surface area (Å²) in [6.07, 6.45) is 5.48. The Labute approximate surface area is 118 Å². The summed E-state index contributed by atoms with van der Waals surface area (Å²) in [4.78, 5) is 0. The molecule has 1 aromatic heterocycles. The first kappa shape index (κ1) is 14.1. The van der Waals surface area contributed by atoms with Crippen LogP contribution in [0.3, 0.4) is 0 Å². The van der Waals surface area contributed by atoms with Crippen LogP contribution in [-0.2, 0) is 13.0 Å². The lowest BCUT2D eigenvalue weighted by atomic mass is 9.76. The summed E-state index contributed by atoms with van der Waals surface area (Å²) in [7, 11) is 0. The molecule has 18 heavy (non-hydrogen) atoms. The van der Waals surface area contributed by atoms with E-state index >= 15 is 0 Å². The molecule has 1 fully saturated rings. The van der Waals surface area contributed by atoms with E-state index in [4.69, 9.17) is 0 Å². The molecule has 1 N–H and O–H groups in total. The average Bonchev–Trinajstić information content (AvgIpc) is 2.51. The molecule has 0 radical (unpaired) electrons. The number of nitrogens with zero attached hydrogens (tertiary/aromatic N) is 2. The van der Waals surface area contributed by atoms with E-state index in [9.17, 15) is 5.11 Å². The van der Waals surface area contributed by atoms with Crippen molar-refractivity contribution in [2.45, 2.75) is 65.0 Å². The maximum Gasteiger partial charge on any atom is 0.0738 e. The van der Waals surface area contributed by atoms with Crippen molar-refractivity contribution in [2.75, 3.05) is 0 Å². The van der Waals surface area contributed by atoms with Gasteiger partial charge in [-0.1, -0.05) is 19.3 Å². The molecule has 1 heterocycles. The van der Waals surface area contributed by atoms with Crippen molar-refractivity contribution in [2.24, 2.45) is 5.92 Å². The van der Waals surface area contributed by atoms with Gasteiger partial charge >= 0.3 is 0 Å². The van der Waals surface area contributed by atoms with Crippen molar-refractivity contribution >= 4 is 15.9 Å². The first-order valence-electron chi connectivity index (χ1n) is 6.87. The topological polar surface area (TPSA) is 38.0 Å². The second-order valence-electron chi connectivity index (χ2n) is 5.84. The maximum absolute atomic E-state index is 10.6. The molecule has 1 atom stereocenters. The number of aliphatic hydroxyl groups is 1. The van der Waals surface area contributed by atoms with Gasteiger partial charge in [-0.25, -0.2) is 0 Å². The SMILES string of the molecule is CCn1nc(C)c(Br)c1CC(C)(O)CC1CCC1. The minimum Gasteiger partial charge on any atom is -0.390 e. The Kier molecular flexibility index (Phi) is 4.17. The summed E-state index contributed by atoms with van der Waals surface area (Å²) in [6.45, 7) is 6.89. The quantitative estimate of drug-likeness (QED) is 0.903. The lowest BCUT2D eigenvalue weighted by molar-refractivity contribution is 0.0186. The van der Waals surface area contributed by atoms with Crippen molar-refractivity contribution in [3.63, 3.8) is 0 Å². The molecule has 1 aromatic rings. The lowest BCUT2D eigenvalue weighted by Crippen LogP contribution is -2.33. The molecule has 3 nitrogen and oxygen atoms in total. The summed E-state index contributed by atoms with van der Waals surface area (Å²) in [5.41, 5.74) is 1.51. The summed E-state index contributed by atoms with van der Waals surface area (Å²) >= 11 is 3.60. The molecule has 0 aromatic carbocycles. The van der Waals surface area contributed by atoms with Crippen LogP contribution in [0.2, 0.25) is 0 Å². The summed E-state index contributed by atoms with van der Waals surface area (Å²) in [5, 5.41) is 15.1. The van der Waals surface area contributed by atoms with E-state index < -0.39 is 5.60 Å². The Bertz CT molecular complexity index is 422. The van der Waals surface area contributed by atoms with Gasteiger partial charge in [0.15, 0.2) is 0 Å². The van der Waals surface area contributed by atoms with E-state index in [2.05, 4.69) is 28.0 Å². The van der Waals surface area contributed by atoms with E-state index in [0.717, 1.165) is 34.7 Å². The molecular weight excluding hydrogens is 292 g/mol. The standard InChI is InChI=1S/C14H23BrN2O/c1-4-17-12(13(15)10(2)16-17)9-14(3,18)8-11-6-5-7-11/h11,18H,4-9H2,1-3H3. The zero-order chi connectivity index (χ0) is 13.3. The van der Waals surface area contributed by atoms with Gasteiger partial charge in [0, 0.05) is 13.0 Å².